The van der Waals surface area contributed by atoms with Gasteiger partial charge in [-0.1, -0.05) is 12.8 Å². The number of sulfonamides is 1. The van der Waals surface area contributed by atoms with Gasteiger partial charge >= 0.3 is 5.97 Å². The number of hydrogen-bond donors (Lipinski definition) is 1. The van der Waals surface area contributed by atoms with E-state index in [9.17, 15) is 13.2 Å². The first-order valence-corrected chi connectivity index (χ1v) is 8.85. The number of carbonyl (C=O) groups is 1. The van der Waals surface area contributed by atoms with E-state index < -0.39 is 21.2 Å². The van der Waals surface area contributed by atoms with Crippen molar-refractivity contribution in [2.24, 2.45) is 5.92 Å². The smallest absolute Gasteiger partial charge is 0.310 e. The van der Waals surface area contributed by atoms with Gasteiger partial charge in [0.15, 0.2) is 0 Å². The van der Waals surface area contributed by atoms with Crippen molar-refractivity contribution >= 4 is 16.0 Å². The fourth-order valence-corrected chi connectivity index (χ4v) is 5.38. The molecule has 1 saturated heterocycles. The molecule has 1 saturated carbocycles. The summed E-state index contributed by atoms with van der Waals surface area (Å²) in [6, 6.07) is 0. The molecular formula is C13H24N2O4S. The predicted molar refractivity (Wildman–Crippen MR) is 75.7 cm³/mol. The Bertz CT molecular complexity index is 430. The molecule has 0 aromatic rings. The third-order valence-corrected chi connectivity index (χ3v) is 6.66. The lowest BCUT2D eigenvalue weighted by Crippen LogP contribution is -2.47. The van der Waals surface area contributed by atoms with Crippen LogP contribution in [0.4, 0.5) is 0 Å². The van der Waals surface area contributed by atoms with Gasteiger partial charge in [-0.15, -0.1) is 0 Å². The molecule has 2 fully saturated rings. The first kappa shape index (κ1) is 15.7. The fraction of sp³-hybridized carbons (Fsp3) is 0.923. The van der Waals surface area contributed by atoms with E-state index in [1.54, 1.807) is 4.31 Å². The molecule has 1 aliphatic heterocycles. The summed E-state index contributed by atoms with van der Waals surface area (Å²) in [5.41, 5.74) is 0. The Morgan fingerprint density at radius 2 is 1.90 bits per heavy atom. The van der Waals surface area contributed by atoms with Gasteiger partial charge in [-0.3, -0.25) is 4.79 Å². The third kappa shape index (κ3) is 3.32. The molecule has 1 aliphatic carbocycles. The molecule has 2 rings (SSSR count). The molecule has 0 spiro atoms. The van der Waals surface area contributed by atoms with E-state index >= 15 is 0 Å². The number of rotatable bonds is 3. The summed E-state index contributed by atoms with van der Waals surface area (Å²) < 4.78 is 32.0. The van der Waals surface area contributed by atoms with Crippen LogP contribution in [0, 0.1) is 5.92 Å². The summed E-state index contributed by atoms with van der Waals surface area (Å²) in [4.78, 5) is 11.9. The molecule has 2 aliphatic rings. The summed E-state index contributed by atoms with van der Waals surface area (Å²) in [7, 11) is -2.09. The number of nitrogens with zero attached hydrogens (tertiary/aromatic N) is 1. The normalized spacial score (nSPS) is 29.6. The van der Waals surface area contributed by atoms with Gasteiger partial charge in [0.05, 0.1) is 18.3 Å². The molecule has 7 heteroatoms. The van der Waals surface area contributed by atoms with Crippen LogP contribution in [-0.4, -0.2) is 57.2 Å². The monoisotopic (exact) mass is 304 g/mol. The number of hydrogen-bond acceptors (Lipinski definition) is 5. The van der Waals surface area contributed by atoms with Crippen LogP contribution < -0.4 is 5.32 Å². The van der Waals surface area contributed by atoms with Gasteiger partial charge in [0.1, 0.15) is 0 Å². The molecule has 0 bridgehead atoms. The topological polar surface area (TPSA) is 75.7 Å². The van der Waals surface area contributed by atoms with Gasteiger partial charge in [-0.25, -0.2) is 12.7 Å². The highest BCUT2D eigenvalue weighted by molar-refractivity contribution is 7.89. The molecule has 0 aromatic carbocycles. The van der Waals surface area contributed by atoms with Gasteiger partial charge in [-0.2, -0.15) is 0 Å². The van der Waals surface area contributed by atoms with Crippen LogP contribution >= 0.6 is 0 Å². The van der Waals surface area contributed by atoms with Gasteiger partial charge < -0.3 is 10.1 Å². The van der Waals surface area contributed by atoms with Crippen LogP contribution in [0.2, 0.25) is 0 Å². The van der Waals surface area contributed by atoms with E-state index in [0.29, 0.717) is 32.5 Å². The van der Waals surface area contributed by atoms with E-state index in [2.05, 4.69) is 5.32 Å². The van der Waals surface area contributed by atoms with Gasteiger partial charge in [-0.05, 0) is 25.8 Å². The first-order valence-electron chi connectivity index (χ1n) is 7.35. The van der Waals surface area contributed by atoms with Crippen molar-refractivity contribution in [2.75, 3.05) is 33.3 Å². The minimum atomic E-state index is -3.42. The van der Waals surface area contributed by atoms with E-state index in [1.165, 1.54) is 7.11 Å². The highest BCUT2D eigenvalue weighted by Crippen LogP contribution is 2.32. The maximum Gasteiger partial charge on any atom is 0.310 e. The van der Waals surface area contributed by atoms with Gasteiger partial charge in [0, 0.05) is 19.6 Å². The number of esters is 1. The quantitative estimate of drug-likeness (QED) is 0.761. The Kier molecular flexibility index (Phi) is 5.40. The van der Waals surface area contributed by atoms with Crippen LogP contribution in [0.5, 0.6) is 0 Å². The zero-order valence-corrected chi connectivity index (χ0v) is 12.8. The third-order valence-electron chi connectivity index (χ3n) is 4.25. The second-order valence-electron chi connectivity index (χ2n) is 5.50. The second kappa shape index (κ2) is 6.87. The van der Waals surface area contributed by atoms with Crippen molar-refractivity contribution in [1.82, 2.24) is 9.62 Å². The zero-order valence-electron chi connectivity index (χ0n) is 12.0. The molecule has 6 nitrogen and oxygen atoms in total. The average molecular weight is 304 g/mol. The number of carbonyl (C=O) groups excluding carboxylic acids is 1. The second-order valence-corrected chi connectivity index (χ2v) is 7.65. The number of ether oxygens (including phenoxy) is 1. The lowest BCUT2D eigenvalue weighted by atomic mass is 9.89. The first-order chi connectivity index (χ1) is 9.57. The molecule has 0 radical (unpaired) electrons. The van der Waals surface area contributed by atoms with Crippen LogP contribution in [-0.2, 0) is 19.6 Å². The molecule has 1 heterocycles. The van der Waals surface area contributed by atoms with Crippen LogP contribution in [0.1, 0.15) is 32.1 Å². The lowest BCUT2D eigenvalue weighted by molar-refractivity contribution is -0.146. The van der Waals surface area contributed by atoms with E-state index in [0.717, 1.165) is 25.8 Å². The Morgan fingerprint density at radius 1 is 1.15 bits per heavy atom. The van der Waals surface area contributed by atoms with Crippen molar-refractivity contribution in [3.63, 3.8) is 0 Å². The molecule has 116 valence electrons. The molecule has 20 heavy (non-hydrogen) atoms. The molecule has 1 N–H and O–H groups in total. The Hall–Kier alpha value is -0.660. The molecule has 2 atom stereocenters. The minimum absolute atomic E-state index is 0.383. The van der Waals surface area contributed by atoms with Crippen molar-refractivity contribution < 1.29 is 17.9 Å². The SMILES string of the molecule is COC(=O)C1CCCCC1S(=O)(=O)N1CCCNCC1. The van der Waals surface area contributed by atoms with Crippen LogP contribution in [0.15, 0.2) is 0 Å². The zero-order chi connectivity index (χ0) is 14.6. The summed E-state index contributed by atoms with van der Waals surface area (Å²) in [5, 5.41) is 2.59. The van der Waals surface area contributed by atoms with Crippen LogP contribution in [0.3, 0.4) is 0 Å². The van der Waals surface area contributed by atoms with Crippen LogP contribution in [0.25, 0.3) is 0 Å². The maximum absolute atomic E-state index is 12.8. The highest BCUT2D eigenvalue weighted by atomic mass is 32.2. The largest absolute Gasteiger partial charge is 0.469 e. The molecule has 0 amide bonds. The van der Waals surface area contributed by atoms with Crippen molar-refractivity contribution in [3.8, 4) is 0 Å². The molecule has 0 aromatic heterocycles. The molecule has 2 unspecified atom stereocenters. The van der Waals surface area contributed by atoms with Crippen molar-refractivity contribution in [3.05, 3.63) is 0 Å². The van der Waals surface area contributed by atoms with E-state index in [4.69, 9.17) is 4.74 Å². The summed E-state index contributed by atoms with van der Waals surface area (Å²) in [6.07, 6.45) is 3.75. The standard InChI is InChI=1S/C13H24N2O4S/c1-19-13(16)11-5-2-3-6-12(11)20(17,18)15-9-4-7-14-8-10-15/h11-12,14H,2-10H2,1H3. The number of nitrogens with one attached hydrogen (secondary N) is 1. The summed E-state index contributed by atoms with van der Waals surface area (Å²) >= 11 is 0. The maximum atomic E-state index is 12.8. The average Bonchev–Trinajstić information content (AvgIpc) is 2.76. The van der Waals surface area contributed by atoms with E-state index in [1.807, 2.05) is 0 Å². The molecular weight excluding hydrogens is 280 g/mol. The van der Waals surface area contributed by atoms with Crippen molar-refractivity contribution in [2.45, 2.75) is 37.4 Å². The van der Waals surface area contributed by atoms with Gasteiger partial charge in [0.25, 0.3) is 0 Å². The fourth-order valence-electron chi connectivity index (χ4n) is 3.14. The van der Waals surface area contributed by atoms with Crippen molar-refractivity contribution in [1.29, 1.82) is 0 Å². The predicted octanol–water partition coefficient (Wildman–Crippen LogP) is 0.343. The Balaban J connectivity index is 2.18. The Morgan fingerprint density at radius 3 is 2.65 bits per heavy atom. The highest BCUT2D eigenvalue weighted by Gasteiger charge is 2.42. The number of methoxy groups -OCH3 is 1. The summed E-state index contributed by atoms with van der Waals surface area (Å²) in [5.74, 6) is -0.888. The van der Waals surface area contributed by atoms with E-state index in [-0.39, 0.29) is 5.97 Å². The Labute approximate surface area is 120 Å². The minimum Gasteiger partial charge on any atom is -0.469 e. The summed E-state index contributed by atoms with van der Waals surface area (Å²) in [6.45, 7) is 2.55. The lowest BCUT2D eigenvalue weighted by Gasteiger charge is -2.33. The van der Waals surface area contributed by atoms with Gasteiger partial charge in [0.2, 0.25) is 10.0 Å².